The van der Waals surface area contributed by atoms with Crippen LogP contribution in [0.3, 0.4) is 0 Å². The first-order valence-corrected chi connectivity index (χ1v) is 6.42. The van der Waals surface area contributed by atoms with Crippen molar-refractivity contribution in [2.75, 3.05) is 6.54 Å². The normalized spacial score (nSPS) is 12.7. The van der Waals surface area contributed by atoms with Gasteiger partial charge in [-0.15, -0.1) is 5.10 Å². The molecule has 0 aliphatic carbocycles. The van der Waals surface area contributed by atoms with Crippen molar-refractivity contribution in [1.82, 2.24) is 20.3 Å². The zero-order chi connectivity index (χ0) is 13.1. The molecule has 2 aromatic rings. The number of halogens is 2. The van der Waals surface area contributed by atoms with E-state index < -0.39 is 0 Å². The molecule has 0 spiro atoms. The number of hydrogen-bond donors (Lipinski definition) is 1. The van der Waals surface area contributed by atoms with E-state index in [4.69, 9.17) is 23.2 Å². The predicted molar refractivity (Wildman–Crippen MR) is 73.0 cm³/mol. The molecule has 0 amide bonds. The molecule has 1 N–H and O–H groups in total. The third kappa shape index (κ3) is 2.66. The zero-order valence-electron chi connectivity index (χ0n) is 10.2. The first-order chi connectivity index (χ1) is 8.63. The van der Waals surface area contributed by atoms with Gasteiger partial charge in [0.25, 0.3) is 0 Å². The molecule has 0 saturated heterocycles. The molecule has 4 nitrogen and oxygen atoms in total. The van der Waals surface area contributed by atoms with Crippen molar-refractivity contribution < 1.29 is 0 Å². The zero-order valence-corrected chi connectivity index (χ0v) is 11.7. The van der Waals surface area contributed by atoms with Gasteiger partial charge in [0.1, 0.15) is 0 Å². The van der Waals surface area contributed by atoms with Crippen LogP contribution in [0.2, 0.25) is 10.0 Å². The van der Waals surface area contributed by atoms with Gasteiger partial charge in [-0.1, -0.05) is 41.4 Å². The summed E-state index contributed by atoms with van der Waals surface area (Å²) in [6.07, 6.45) is 1.75. The van der Waals surface area contributed by atoms with Gasteiger partial charge in [-0.25, -0.2) is 0 Å². The van der Waals surface area contributed by atoms with Gasteiger partial charge in [0, 0.05) is 7.05 Å². The summed E-state index contributed by atoms with van der Waals surface area (Å²) in [4.78, 5) is 0. The molecule has 0 bridgehead atoms. The lowest BCUT2D eigenvalue weighted by Gasteiger charge is -2.18. The van der Waals surface area contributed by atoms with Crippen molar-refractivity contribution in [3.63, 3.8) is 0 Å². The standard InChI is InChI=1S/C12H14Cl2N4/c1-3-15-12(11-7-16-17-18(11)2)8-4-5-9(13)10(14)6-8/h4-7,12,15H,3H2,1-2H3. The minimum Gasteiger partial charge on any atom is -0.305 e. The summed E-state index contributed by atoms with van der Waals surface area (Å²) in [5.41, 5.74) is 2.02. The summed E-state index contributed by atoms with van der Waals surface area (Å²) in [5.74, 6) is 0. The number of aryl methyl sites for hydroxylation is 1. The second-order valence-corrected chi connectivity index (χ2v) is 4.76. The Bertz CT molecular complexity index is 539. The maximum Gasteiger partial charge on any atom is 0.0798 e. The Kier molecular flexibility index (Phi) is 4.22. The number of benzene rings is 1. The van der Waals surface area contributed by atoms with E-state index in [0.717, 1.165) is 17.8 Å². The minimum absolute atomic E-state index is 0.00441. The van der Waals surface area contributed by atoms with Gasteiger partial charge >= 0.3 is 0 Å². The van der Waals surface area contributed by atoms with Crippen LogP contribution < -0.4 is 5.32 Å². The molecular weight excluding hydrogens is 271 g/mol. The largest absolute Gasteiger partial charge is 0.305 e. The van der Waals surface area contributed by atoms with Gasteiger partial charge in [-0.2, -0.15) is 0 Å². The van der Waals surface area contributed by atoms with E-state index in [1.807, 2.05) is 26.1 Å². The van der Waals surface area contributed by atoms with Gasteiger partial charge in [0.2, 0.25) is 0 Å². The maximum atomic E-state index is 6.06. The highest BCUT2D eigenvalue weighted by Gasteiger charge is 2.17. The molecule has 96 valence electrons. The van der Waals surface area contributed by atoms with Crippen LogP contribution in [0.1, 0.15) is 24.2 Å². The SMILES string of the molecule is CCNC(c1ccc(Cl)c(Cl)c1)c1cnnn1C. The van der Waals surface area contributed by atoms with Crippen molar-refractivity contribution in [3.05, 3.63) is 45.7 Å². The molecule has 18 heavy (non-hydrogen) atoms. The third-order valence-corrected chi connectivity index (χ3v) is 3.47. The fourth-order valence-electron chi connectivity index (χ4n) is 1.85. The number of rotatable bonds is 4. The summed E-state index contributed by atoms with van der Waals surface area (Å²) >= 11 is 12.0. The molecule has 1 atom stereocenters. The summed E-state index contributed by atoms with van der Waals surface area (Å²) in [6, 6.07) is 5.62. The number of nitrogens with one attached hydrogen (secondary N) is 1. The van der Waals surface area contributed by atoms with Crippen molar-refractivity contribution in [2.24, 2.45) is 7.05 Å². The van der Waals surface area contributed by atoms with Crippen LogP contribution >= 0.6 is 23.2 Å². The second kappa shape index (κ2) is 5.69. The lowest BCUT2D eigenvalue weighted by atomic mass is 10.0. The Labute approximate surface area is 116 Å². The van der Waals surface area contributed by atoms with E-state index in [0.29, 0.717) is 10.0 Å². The molecule has 0 aliphatic rings. The van der Waals surface area contributed by atoms with Crippen LogP contribution in [-0.2, 0) is 7.05 Å². The van der Waals surface area contributed by atoms with Crippen LogP contribution in [-0.4, -0.2) is 21.5 Å². The first kappa shape index (κ1) is 13.3. The first-order valence-electron chi connectivity index (χ1n) is 5.66. The molecule has 0 fully saturated rings. The van der Waals surface area contributed by atoms with Crippen LogP contribution in [0.4, 0.5) is 0 Å². The summed E-state index contributed by atoms with van der Waals surface area (Å²) in [5, 5.41) is 12.3. The Morgan fingerprint density at radius 1 is 1.33 bits per heavy atom. The molecule has 0 saturated carbocycles. The molecule has 1 heterocycles. The van der Waals surface area contributed by atoms with Gasteiger partial charge in [0.05, 0.1) is 28.0 Å². The van der Waals surface area contributed by atoms with Gasteiger partial charge in [-0.05, 0) is 24.2 Å². The van der Waals surface area contributed by atoms with Gasteiger partial charge in [0.15, 0.2) is 0 Å². The highest BCUT2D eigenvalue weighted by Crippen LogP contribution is 2.28. The Hall–Kier alpha value is -1.10. The molecule has 1 unspecified atom stereocenters. The number of aromatic nitrogens is 3. The van der Waals surface area contributed by atoms with Crippen molar-refractivity contribution in [2.45, 2.75) is 13.0 Å². The van der Waals surface area contributed by atoms with E-state index in [2.05, 4.69) is 15.6 Å². The van der Waals surface area contributed by atoms with Crippen LogP contribution in [0.25, 0.3) is 0 Å². The summed E-state index contributed by atoms with van der Waals surface area (Å²) < 4.78 is 1.75. The lowest BCUT2D eigenvalue weighted by molar-refractivity contribution is 0.568. The van der Waals surface area contributed by atoms with E-state index in [1.165, 1.54) is 0 Å². The highest BCUT2D eigenvalue weighted by atomic mass is 35.5. The quantitative estimate of drug-likeness (QED) is 0.939. The van der Waals surface area contributed by atoms with Crippen molar-refractivity contribution >= 4 is 23.2 Å². The molecule has 0 aliphatic heterocycles. The minimum atomic E-state index is 0.00441. The van der Waals surface area contributed by atoms with E-state index in [9.17, 15) is 0 Å². The molecule has 2 rings (SSSR count). The van der Waals surface area contributed by atoms with Crippen LogP contribution in [0, 0.1) is 0 Å². The predicted octanol–water partition coefficient (Wildman–Crippen LogP) is 2.82. The number of nitrogens with zero attached hydrogens (tertiary/aromatic N) is 3. The molecular formula is C12H14Cl2N4. The Balaban J connectivity index is 2.41. The van der Waals surface area contributed by atoms with Crippen LogP contribution in [0.15, 0.2) is 24.4 Å². The second-order valence-electron chi connectivity index (χ2n) is 3.95. The van der Waals surface area contributed by atoms with Crippen molar-refractivity contribution in [3.8, 4) is 0 Å². The van der Waals surface area contributed by atoms with Gasteiger partial charge in [-0.3, -0.25) is 4.68 Å². The fourth-order valence-corrected chi connectivity index (χ4v) is 2.15. The van der Waals surface area contributed by atoms with E-state index >= 15 is 0 Å². The molecule has 1 aromatic heterocycles. The number of hydrogen-bond acceptors (Lipinski definition) is 3. The monoisotopic (exact) mass is 284 g/mol. The van der Waals surface area contributed by atoms with Crippen molar-refractivity contribution in [1.29, 1.82) is 0 Å². The summed E-state index contributed by atoms with van der Waals surface area (Å²) in [6.45, 7) is 2.88. The molecule has 1 aromatic carbocycles. The van der Waals surface area contributed by atoms with E-state index in [1.54, 1.807) is 16.9 Å². The Morgan fingerprint density at radius 3 is 2.67 bits per heavy atom. The fraction of sp³-hybridized carbons (Fsp3) is 0.333. The van der Waals surface area contributed by atoms with E-state index in [-0.39, 0.29) is 6.04 Å². The molecule has 6 heteroatoms. The smallest absolute Gasteiger partial charge is 0.0798 e. The average molecular weight is 285 g/mol. The van der Waals surface area contributed by atoms with Gasteiger partial charge < -0.3 is 5.32 Å². The molecule has 0 radical (unpaired) electrons. The highest BCUT2D eigenvalue weighted by molar-refractivity contribution is 6.42. The Morgan fingerprint density at radius 2 is 2.11 bits per heavy atom. The maximum absolute atomic E-state index is 6.06. The average Bonchev–Trinajstić information content (AvgIpc) is 2.76. The van der Waals surface area contributed by atoms with Crippen LogP contribution in [0.5, 0.6) is 0 Å². The topological polar surface area (TPSA) is 42.7 Å². The third-order valence-electron chi connectivity index (χ3n) is 2.73. The lowest BCUT2D eigenvalue weighted by Crippen LogP contribution is -2.24. The summed E-state index contributed by atoms with van der Waals surface area (Å²) in [7, 11) is 1.87.